The van der Waals surface area contributed by atoms with Gasteiger partial charge in [-0.1, -0.05) is 45.4 Å². The lowest BCUT2D eigenvalue weighted by atomic mass is 10.0. The maximum Gasteiger partial charge on any atom is 0.417 e. The Morgan fingerprint density at radius 1 is 1.00 bits per heavy atom. The molecule has 0 saturated carbocycles. The summed E-state index contributed by atoms with van der Waals surface area (Å²) in [4.78, 5) is 32.9. The lowest BCUT2D eigenvalue weighted by molar-refractivity contribution is -0.137. The van der Waals surface area contributed by atoms with Gasteiger partial charge >= 0.3 is 18.1 Å². The van der Waals surface area contributed by atoms with Crippen molar-refractivity contribution in [1.29, 1.82) is 0 Å². The normalized spacial score (nSPS) is 10.2. The van der Waals surface area contributed by atoms with Gasteiger partial charge in [0.05, 0.1) is 34.3 Å². The molecule has 4 rings (SSSR count). The van der Waals surface area contributed by atoms with Crippen LogP contribution in [0.25, 0.3) is 22.2 Å². The quantitative estimate of drug-likeness (QED) is 0.145. The third-order valence-electron chi connectivity index (χ3n) is 5.22. The van der Waals surface area contributed by atoms with Crippen LogP contribution in [0.4, 0.5) is 17.6 Å². The molecule has 4 aromatic rings. The highest BCUT2D eigenvalue weighted by Gasteiger charge is 2.33. The molecule has 0 bridgehead atoms. The fraction of sp³-hybridized carbons (Fsp3) is 0.241. The van der Waals surface area contributed by atoms with Gasteiger partial charge in [-0.15, -0.1) is 0 Å². The van der Waals surface area contributed by atoms with Gasteiger partial charge in [0.1, 0.15) is 11.5 Å². The van der Waals surface area contributed by atoms with E-state index in [0.29, 0.717) is 16.6 Å². The van der Waals surface area contributed by atoms with E-state index in [4.69, 9.17) is 16.7 Å². The van der Waals surface area contributed by atoms with Crippen molar-refractivity contribution in [3.63, 3.8) is 0 Å². The van der Waals surface area contributed by atoms with Crippen molar-refractivity contribution in [3.05, 3.63) is 87.7 Å². The number of fused-ring (bicyclic) bond motifs is 1. The van der Waals surface area contributed by atoms with Gasteiger partial charge in [-0.2, -0.15) is 18.3 Å². The lowest BCUT2D eigenvalue weighted by Gasteiger charge is -2.09. The number of carboxylic acids is 1. The molecule has 1 aromatic heterocycles. The van der Waals surface area contributed by atoms with Crippen molar-refractivity contribution in [3.8, 4) is 11.3 Å². The Kier molecular flexibility index (Phi) is 13.2. The zero-order valence-electron chi connectivity index (χ0n) is 23.1. The number of carbonyl (C=O) groups is 3. The van der Waals surface area contributed by atoms with Crippen LogP contribution in [-0.2, 0) is 18.0 Å². The number of benzene rings is 3. The van der Waals surface area contributed by atoms with Gasteiger partial charge in [0.15, 0.2) is 6.29 Å². The van der Waals surface area contributed by atoms with Crippen LogP contribution in [0.1, 0.15) is 64.3 Å². The summed E-state index contributed by atoms with van der Waals surface area (Å²) in [5.74, 6) is -2.29. The van der Waals surface area contributed by atoms with Gasteiger partial charge in [0.2, 0.25) is 0 Å². The molecule has 0 fully saturated rings. The van der Waals surface area contributed by atoms with E-state index in [1.165, 1.54) is 42.1 Å². The minimum absolute atomic E-state index is 0.102. The number of rotatable bonds is 4. The van der Waals surface area contributed by atoms with Gasteiger partial charge in [-0.3, -0.25) is 9.48 Å². The average Bonchev–Trinajstić information content (AvgIpc) is 3.29. The van der Waals surface area contributed by atoms with Gasteiger partial charge in [-0.05, 0) is 48.5 Å². The molecule has 0 radical (unpaired) electrons. The number of aryl methyl sites for hydroxylation is 1. The maximum absolute atomic E-state index is 14.4. The van der Waals surface area contributed by atoms with Crippen molar-refractivity contribution in [2.24, 2.45) is 7.05 Å². The predicted molar refractivity (Wildman–Crippen MR) is 149 cm³/mol. The Bertz CT molecular complexity index is 1520. The highest BCUT2D eigenvalue weighted by Crippen LogP contribution is 2.34. The van der Waals surface area contributed by atoms with E-state index in [2.05, 4.69) is 9.84 Å². The summed E-state index contributed by atoms with van der Waals surface area (Å²) in [6.45, 7) is 8.00. The maximum atomic E-state index is 14.4. The van der Waals surface area contributed by atoms with E-state index < -0.39 is 35.1 Å². The molecule has 0 saturated heterocycles. The van der Waals surface area contributed by atoms with E-state index in [-0.39, 0.29) is 28.0 Å². The molecule has 0 aliphatic carbocycles. The Morgan fingerprint density at radius 2 is 1.61 bits per heavy atom. The fourth-order valence-electron chi connectivity index (χ4n) is 3.45. The largest absolute Gasteiger partial charge is 0.478 e. The summed E-state index contributed by atoms with van der Waals surface area (Å²) in [7, 11) is 2.87. The first kappa shape index (κ1) is 34.8. The van der Waals surface area contributed by atoms with E-state index in [1.807, 2.05) is 27.7 Å². The minimum atomic E-state index is -4.54. The van der Waals surface area contributed by atoms with E-state index in [0.717, 1.165) is 18.2 Å². The number of halogens is 5. The van der Waals surface area contributed by atoms with Crippen LogP contribution >= 0.6 is 11.6 Å². The topological polar surface area (TPSA) is 98.5 Å². The highest BCUT2D eigenvalue weighted by atomic mass is 35.5. The van der Waals surface area contributed by atoms with Crippen LogP contribution in [0, 0.1) is 5.82 Å². The summed E-state index contributed by atoms with van der Waals surface area (Å²) in [5.41, 5.74) is -0.131. The molecule has 12 heteroatoms. The van der Waals surface area contributed by atoms with E-state index in [1.54, 1.807) is 13.1 Å². The number of carbonyl (C=O) groups excluding carboxylic acids is 2. The van der Waals surface area contributed by atoms with Crippen LogP contribution in [0.2, 0.25) is 5.02 Å². The molecule has 7 nitrogen and oxygen atoms in total. The number of nitrogens with zero attached hydrogens (tertiary/aromatic N) is 2. The highest BCUT2D eigenvalue weighted by molar-refractivity contribution is 6.33. The molecule has 220 valence electrons. The molecule has 1 heterocycles. The van der Waals surface area contributed by atoms with Crippen LogP contribution in [0.5, 0.6) is 0 Å². The molecular weight excluding hydrogens is 568 g/mol. The second kappa shape index (κ2) is 15.5. The molecule has 3 aromatic carbocycles. The summed E-state index contributed by atoms with van der Waals surface area (Å²) in [5, 5.41) is 13.8. The standard InChI is InChI=1S/C17H13FN2O4.C8H4ClF3O.2C2H6/c1-20-14-8-9(16(21)22)3-6-12(14)15(19-20)11-5-4-10(7-13(11)18)17(23)24-2;9-7-3-1-2-6(5(7)4-13)8(10,11)12;2*1-2/h3-8H,1-2H3,(H,21,22);1-4H;2*1-2H3. The number of hydrogen-bond acceptors (Lipinski definition) is 5. The lowest BCUT2D eigenvalue weighted by Crippen LogP contribution is -2.08. The summed E-state index contributed by atoms with van der Waals surface area (Å²) < 4.78 is 57.1. The molecule has 0 aliphatic heterocycles. The summed E-state index contributed by atoms with van der Waals surface area (Å²) in [6.07, 6.45) is -4.44. The number of hydrogen-bond donors (Lipinski definition) is 1. The zero-order chi connectivity index (χ0) is 31.5. The Labute approximate surface area is 239 Å². The number of carboxylic acid groups (broad SMARTS) is 1. The van der Waals surface area contributed by atoms with Crippen molar-refractivity contribution in [2.45, 2.75) is 33.9 Å². The Hall–Kier alpha value is -4.25. The molecule has 0 aliphatic rings. The summed E-state index contributed by atoms with van der Waals surface area (Å²) >= 11 is 5.40. The molecule has 0 atom stereocenters. The number of alkyl halides is 3. The van der Waals surface area contributed by atoms with Crippen LogP contribution < -0.4 is 0 Å². The number of ether oxygens (including phenoxy) is 1. The first-order valence-electron chi connectivity index (χ1n) is 12.3. The SMILES string of the molecule is CC.CC.COC(=O)c1ccc(-c2nn(C)c3cc(C(=O)O)ccc23)c(F)c1.O=Cc1c(Cl)cccc1C(F)(F)F. The first-order chi connectivity index (χ1) is 19.4. The van der Waals surface area contributed by atoms with Crippen molar-refractivity contribution >= 4 is 40.7 Å². The number of aldehydes is 1. The summed E-state index contributed by atoms with van der Waals surface area (Å²) in [6, 6.07) is 11.7. The van der Waals surface area contributed by atoms with E-state index in [9.17, 15) is 31.9 Å². The van der Waals surface area contributed by atoms with Crippen molar-refractivity contribution in [1.82, 2.24) is 9.78 Å². The third-order valence-corrected chi connectivity index (χ3v) is 5.55. The second-order valence-electron chi connectivity index (χ2n) is 7.51. The monoisotopic (exact) mass is 596 g/mol. The number of methoxy groups -OCH3 is 1. The second-order valence-corrected chi connectivity index (χ2v) is 7.92. The first-order valence-corrected chi connectivity index (χ1v) is 12.7. The molecule has 41 heavy (non-hydrogen) atoms. The predicted octanol–water partition coefficient (Wildman–Crippen LogP) is 8.09. The van der Waals surface area contributed by atoms with E-state index >= 15 is 0 Å². The number of esters is 1. The van der Waals surface area contributed by atoms with Crippen LogP contribution in [0.15, 0.2) is 54.6 Å². The smallest absolute Gasteiger partial charge is 0.417 e. The van der Waals surface area contributed by atoms with Crippen LogP contribution in [-0.4, -0.2) is 40.2 Å². The van der Waals surface area contributed by atoms with Crippen LogP contribution in [0.3, 0.4) is 0 Å². The van der Waals surface area contributed by atoms with Crippen molar-refractivity contribution < 1.29 is 41.8 Å². The number of aromatic carboxylic acids is 1. The molecule has 0 amide bonds. The Morgan fingerprint density at radius 3 is 2.10 bits per heavy atom. The fourth-order valence-corrected chi connectivity index (χ4v) is 3.66. The molecular formula is C29H29ClF4N2O5. The van der Waals surface area contributed by atoms with Crippen molar-refractivity contribution in [2.75, 3.05) is 7.11 Å². The number of aromatic nitrogens is 2. The molecule has 0 unspecified atom stereocenters. The molecule has 0 spiro atoms. The minimum Gasteiger partial charge on any atom is -0.478 e. The average molecular weight is 597 g/mol. The molecule has 1 N–H and O–H groups in total. The Balaban J connectivity index is 0.000000419. The van der Waals surface area contributed by atoms with Gasteiger partial charge in [0.25, 0.3) is 0 Å². The van der Waals surface area contributed by atoms with Gasteiger partial charge < -0.3 is 9.84 Å². The third kappa shape index (κ3) is 8.37. The van der Waals surface area contributed by atoms with Gasteiger partial charge in [0, 0.05) is 23.6 Å². The van der Waals surface area contributed by atoms with Gasteiger partial charge in [-0.25, -0.2) is 14.0 Å². The zero-order valence-corrected chi connectivity index (χ0v) is 23.9.